The predicted octanol–water partition coefficient (Wildman–Crippen LogP) is 3.08. The van der Waals surface area contributed by atoms with Gasteiger partial charge in [-0.3, -0.25) is 9.59 Å². The topological polar surface area (TPSA) is 72.2 Å². The molecule has 0 fully saturated rings. The zero-order valence-corrected chi connectivity index (χ0v) is 12.2. The number of nitrogens with one attached hydrogen (secondary N) is 1. The number of rotatable bonds is 4. The second-order valence-corrected chi connectivity index (χ2v) is 5.49. The SMILES string of the molecule is CCc1cc(C(N)=O)c(NC(=O)c2ccc(F)c(F)c2F)s1. The summed E-state index contributed by atoms with van der Waals surface area (Å²) in [5, 5.41) is 2.44. The van der Waals surface area contributed by atoms with E-state index >= 15 is 0 Å². The van der Waals surface area contributed by atoms with Crippen molar-refractivity contribution in [2.75, 3.05) is 5.32 Å². The highest BCUT2D eigenvalue weighted by molar-refractivity contribution is 7.16. The zero-order chi connectivity index (χ0) is 16.4. The maximum atomic E-state index is 13.6. The Labute approximate surface area is 127 Å². The molecule has 0 bridgehead atoms. The van der Waals surface area contributed by atoms with Crippen LogP contribution in [0.1, 0.15) is 32.5 Å². The van der Waals surface area contributed by atoms with Crippen molar-refractivity contribution in [3.8, 4) is 0 Å². The van der Waals surface area contributed by atoms with Crippen molar-refractivity contribution in [1.29, 1.82) is 0 Å². The smallest absolute Gasteiger partial charge is 0.259 e. The van der Waals surface area contributed by atoms with Crippen molar-refractivity contribution in [2.45, 2.75) is 13.3 Å². The molecule has 116 valence electrons. The fourth-order valence-corrected chi connectivity index (χ4v) is 2.76. The number of benzene rings is 1. The molecule has 2 aromatic rings. The Bertz CT molecular complexity index is 759. The van der Waals surface area contributed by atoms with Crippen LogP contribution in [0.3, 0.4) is 0 Å². The Morgan fingerprint density at radius 3 is 2.45 bits per heavy atom. The molecule has 4 nitrogen and oxygen atoms in total. The van der Waals surface area contributed by atoms with Gasteiger partial charge in [0.2, 0.25) is 0 Å². The van der Waals surface area contributed by atoms with Gasteiger partial charge in [-0.05, 0) is 24.6 Å². The third kappa shape index (κ3) is 2.96. The average Bonchev–Trinajstić information content (AvgIpc) is 2.88. The summed E-state index contributed by atoms with van der Waals surface area (Å²) < 4.78 is 39.6. The standard InChI is InChI=1S/C14H11F3N2O2S/c1-2-6-5-8(12(18)20)14(22-6)19-13(21)7-3-4-9(15)11(17)10(7)16/h3-5H,2H2,1H3,(H2,18,20)(H,19,21). The first-order chi connectivity index (χ1) is 10.3. The van der Waals surface area contributed by atoms with Gasteiger partial charge in [0.05, 0.1) is 11.1 Å². The number of thiophene rings is 1. The first-order valence-corrected chi connectivity index (χ1v) is 7.04. The normalized spacial score (nSPS) is 10.5. The number of hydrogen-bond acceptors (Lipinski definition) is 3. The summed E-state index contributed by atoms with van der Waals surface area (Å²) in [6.07, 6.45) is 0.611. The van der Waals surface area contributed by atoms with Crippen molar-refractivity contribution < 1.29 is 22.8 Å². The van der Waals surface area contributed by atoms with Crippen LogP contribution in [0.25, 0.3) is 0 Å². The van der Waals surface area contributed by atoms with E-state index < -0.39 is 34.8 Å². The number of nitrogens with two attached hydrogens (primary N) is 1. The number of anilines is 1. The van der Waals surface area contributed by atoms with Crippen LogP contribution in [-0.2, 0) is 6.42 Å². The van der Waals surface area contributed by atoms with Crippen LogP contribution in [0.2, 0.25) is 0 Å². The molecule has 1 aromatic carbocycles. The lowest BCUT2D eigenvalue weighted by molar-refractivity contribution is 0.100. The number of halogens is 3. The van der Waals surface area contributed by atoms with Crippen molar-refractivity contribution in [1.82, 2.24) is 0 Å². The van der Waals surface area contributed by atoms with Gasteiger partial charge in [-0.2, -0.15) is 0 Å². The van der Waals surface area contributed by atoms with E-state index in [1.54, 1.807) is 0 Å². The van der Waals surface area contributed by atoms with E-state index in [1.165, 1.54) is 6.07 Å². The maximum absolute atomic E-state index is 13.6. The minimum atomic E-state index is -1.73. The van der Waals surface area contributed by atoms with E-state index in [1.807, 2.05) is 6.92 Å². The van der Waals surface area contributed by atoms with Crippen molar-refractivity contribution in [3.05, 3.63) is 51.7 Å². The average molecular weight is 328 g/mol. The van der Waals surface area contributed by atoms with Gasteiger partial charge < -0.3 is 11.1 Å². The number of aryl methyl sites for hydroxylation is 1. The Hall–Kier alpha value is -2.35. The quantitative estimate of drug-likeness (QED) is 0.847. The van der Waals surface area contributed by atoms with Gasteiger partial charge in [0.25, 0.3) is 11.8 Å². The third-order valence-electron chi connectivity index (χ3n) is 2.90. The van der Waals surface area contributed by atoms with Crippen LogP contribution < -0.4 is 11.1 Å². The molecule has 0 unspecified atom stereocenters. The number of carbonyl (C=O) groups excluding carboxylic acids is 2. The Kier molecular flexibility index (Phi) is 4.51. The molecule has 0 aliphatic heterocycles. The summed E-state index contributed by atoms with van der Waals surface area (Å²) in [7, 11) is 0. The lowest BCUT2D eigenvalue weighted by Crippen LogP contribution is -2.18. The number of carbonyl (C=O) groups is 2. The fourth-order valence-electron chi connectivity index (χ4n) is 1.76. The molecular weight excluding hydrogens is 317 g/mol. The summed E-state index contributed by atoms with van der Waals surface area (Å²) in [5.41, 5.74) is 4.62. The van der Waals surface area contributed by atoms with Gasteiger partial charge >= 0.3 is 0 Å². The third-order valence-corrected chi connectivity index (χ3v) is 4.10. The predicted molar refractivity (Wildman–Crippen MR) is 76.5 cm³/mol. The Morgan fingerprint density at radius 2 is 1.86 bits per heavy atom. The molecule has 2 rings (SSSR count). The van der Waals surface area contributed by atoms with Crippen molar-refractivity contribution in [2.24, 2.45) is 5.73 Å². The monoisotopic (exact) mass is 328 g/mol. The van der Waals surface area contributed by atoms with E-state index in [0.29, 0.717) is 12.5 Å². The fraction of sp³-hybridized carbons (Fsp3) is 0.143. The second kappa shape index (κ2) is 6.18. The van der Waals surface area contributed by atoms with Crippen LogP contribution in [0, 0.1) is 17.5 Å². The summed E-state index contributed by atoms with van der Waals surface area (Å²) in [6, 6.07) is 2.99. The minimum absolute atomic E-state index is 0.0817. The van der Waals surface area contributed by atoms with Gasteiger partial charge in [-0.25, -0.2) is 13.2 Å². The molecule has 0 aliphatic carbocycles. The molecular formula is C14H11F3N2O2S. The van der Waals surface area contributed by atoms with E-state index in [0.717, 1.165) is 22.3 Å². The van der Waals surface area contributed by atoms with Gasteiger partial charge in [-0.1, -0.05) is 6.92 Å². The molecule has 22 heavy (non-hydrogen) atoms. The Balaban J connectivity index is 2.35. The number of primary amides is 1. The highest BCUT2D eigenvalue weighted by atomic mass is 32.1. The Morgan fingerprint density at radius 1 is 1.18 bits per heavy atom. The van der Waals surface area contributed by atoms with E-state index in [-0.39, 0.29) is 10.6 Å². The van der Waals surface area contributed by atoms with Crippen LogP contribution in [0.5, 0.6) is 0 Å². The molecule has 0 saturated heterocycles. The lowest BCUT2D eigenvalue weighted by atomic mass is 10.2. The molecule has 2 amide bonds. The van der Waals surface area contributed by atoms with Crippen LogP contribution in [0.15, 0.2) is 18.2 Å². The molecule has 0 aliphatic rings. The molecule has 0 atom stereocenters. The number of amides is 2. The molecule has 0 spiro atoms. The van der Waals surface area contributed by atoms with E-state index in [4.69, 9.17) is 5.73 Å². The van der Waals surface area contributed by atoms with Crippen molar-refractivity contribution >= 4 is 28.2 Å². The van der Waals surface area contributed by atoms with Crippen LogP contribution in [-0.4, -0.2) is 11.8 Å². The van der Waals surface area contributed by atoms with E-state index in [2.05, 4.69) is 5.32 Å². The highest BCUT2D eigenvalue weighted by Crippen LogP contribution is 2.29. The summed E-state index contributed by atoms with van der Waals surface area (Å²) in [5.74, 6) is -6.47. The van der Waals surface area contributed by atoms with E-state index in [9.17, 15) is 22.8 Å². The maximum Gasteiger partial charge on any atom is 0.259 e. The van der Waals surface area contributed by atoms with Gasteiger partial charge in [-0.15, -0.1) is 11.3 Å². The van der Waals surface area contributed by atoms with Crippen LogP contribution >= 0.6 is 11.3 Å². The molecule has 0 radical (unpaired) electrons. The summed E-state index contributed by atoms with van der Waals surface area (Å²) in [4.78, 5) is 24.1. The largest absolute Gasteiger partial charge is 0.366 e. The first kappa shape index (κ1) is 16.0. The van der Waals surface area contributed by atoms with Crippen molar-refractivity contribution in [3.63, 3.8) is 0 Å². The van der Waals surface area contributed by atoms with Gasteiger partial charge in [0, 0.05) is 4.88 Å². The minimum Gasteiger partial charge on any atom is -0.366 e. The molecule has 0 saturated carbocycles. The highest BCUT2D eigenvalue weighted by Gasteiger charge is 2.21. The lowest BCUT2D eigenvalue weighted by Gasteiger charge is -2.06. The summed E-state index contributed by atoms with van der Waals surface area (Å²) in [6.45, 7) is 1.84. The molecule has 3 N–H and O–H groups in total. The molecule has 1 heterocycles. The number of hydrogen-bond donors (Lipinski definition) is 2. The molecule has 1 aromatic heterocycles. The second-order valence-electron chi connectivity index (χ2n) is 4.35. The first-order valence-electron chi connectivity index (χ1n) is 6.22. The van der Waals surface area contributed by atoms with Gasteiger partial charge in [0.15, 0.2) is 17.5 Å². The van der Waals surface area contributed by atoms with Gasteiger partial charge in [0.1, 0.15) is 5.00 Å². The zero-order valence-electron chi connectivity index (χ0n) is 11.4. The molecule has 8 heteroatoms. The van der Waals surface area contributed by atoms with Crippen LogP contribution in [0.4, 0.5) is 18.2 Å². The summed E-state index contributed by atoms with van der Waals surface area (Å²) >= 11 is 1.10.